The number of benzene rings is 1. The topological polar surface area (TPSA) is 76.1 Å². The fourth-order valence-electron chi connectivity index (χ4n) is 1.91. The lowest BCUT2D eigenvalue weighted by molar-refractivity contribution is 0.0943. The van der Waals surface area contributed by atoms with Gasteiger partial charge in [-0.05, 0) is 43.7 Å². The van der Waals surface area contributed by atoms with Crippen LogP contribution in [0.25, 0.3) is 0 Å². The van der Waals surface area contributed by atoms with Crippen LogP contribution < -0.4 is 10.6 Å². The number of amides is 1. The van der Waals surface area contributed by atoms with Crippen molar-refractivity contribution < 1.29 is 9.53 Å². The van der Waals surface area contributed by atoms with Crippen molar-refractivity contribution in [2.24, 2.45) is 0 Å². The van der Waals surface area contributed by atoms with Crippen LogP contribution in [0.3, 0.4) is 0 Å². The van der Waals surface area contributed by atoms with E-state index in [1.165, 1.54) is 0 Å². The molecule has 0 unspecified atom stereocenters. The number of ether oxygens (including phenoxy) is 1. The molecule has 7 heteroatoms. The molecule has 1 aromatic carbocycles. The lowest BCUT2D eigenvalue weighted by Crippen LogP contribution is -2.26. The second-order valence-corrected chi connectivity index (χ2v) is 5.87. The van der Waals surface area contributed by atoms with E-state index < -0.39 is 0 Å². The molecule has 122 valence electrons. The van der Waals surface area contributed by atoms with Crippen molar-refractivity contribution in [3.05, 3.63) is 46.2 Å². The zero-order valence-electron chi connectivity index (χ0n) is 13.1. The third kappa shape index (κ3) is 5.61. The summed E-state index contributed by atoms with van der Waals surface area (Å²) in [5, 5.41) is 5.92. The summed E-state index contributed by atoms with van der Waals surface area (Å²) in [7, 11) is 1.63. The quantitative estimate of drug-likeness (QED) is 0.724. The first-order valence-corrected chi connectivity index (χ1v) is 8.03. The molecule has 1 aromatic heterocycles. The van der Waals surface area contributed by atoms with E-state index in [9.17, 15) is 4.79 Å². The molecule has 0 saturated heterocycles. The van der Waals surface area contributed by atoms with Crippen LogP contribution in [0, 0.1) is 6.92 Å². The number of aryl methyl sites for hydroxylation is 1. The SMILES string of the molecule is COCCCNC(=O)c1cc(C)nc(Nc2ccc(Br)cc2)n1. The van der Waals surface area contributed by atoms with Gasteiger partial charge in [-0.3, -0.25) is 4.79 Å². The summed E-state index contributed by atoms with van der Waals surface area (Å²) >= 11 is 3.39. The highest BCUT2D eigenvalue weighted by atomic mass is 79.9. The molecule has 0 bridgehead atoms. The van der Waals surface area contributed by atoms with Crippen LogP contribution in [0.1, 0.15) is 22.6 Å². The van der Waals surface area contributed by atoms with E-state index in [0.717, 1.165) is 22.3 Å². The van der Waals surface area contributed by atoms with Crippen LogP contribution in [0.2, 0.25) is 0 Å². The number of nitrogens with one attached hydrogen (secondary N) is 2. The van der Waals surface area contributed by atoms with Crippen LogP contribution in [0.5, 0.6) is 0 Å². The van der Waals surface area contributed by atoms with Gasteiger partial charge in [-0.15, -0.1) is 0 Å². The molecule has 23 heavy (non-hydrogen) atoms. The van der Waals surface area contributed by atoms with Crippen molar-refractivity contribution >= 4 is 33.5 Å². The summed E-state index contributed by atoms with van der Waals surface area (Å²) in [5.41, 5.74) is 1.92. The third-order valence-corrected chi connectivity index (χ3v) is 3.53. The molecule has 1 heterocycles. The number of nitrogens with zero attached hydrogens (tertiary/aromatic N) is 2. The Balaban J connectivity index is 2.05. The van der Waals surface area contributed by atoms with Crippen molar-refractivity contribution in [2.75, 3.05) is 25.6 Å². The van der Waals surface area contributed by atoms with E-state index in [1.54, 1.807) is 13.2 Å². The van der Waals surface area contributed by atoms with Gasteiger partial charge in [0, 0.05) is 36.1 Å². The summed E-state index contributed by atoms with van der Waals surface area (Å²) in [6, 6.07) is 9.31. The van der Waals surface area contributed by atoms with Gasteiger partial charge in [0.25, 0.3) is 5.91 Å². The Bertz CT molecular complexity index is 662. The van der Waals surface area contributed by atoms with Crippen molar-refractivity contribution in [1.29, 1.82) is 0 Å². The van der Waals surface area contributed by atoms with Crippen LogP contribution in [-0.2, 0) is 4.74 Å². The molecule has 2 aromatic rings. The summed E-state index contributed by atoms with van der Waals surface area (Å²) in [6.07, 6.45) is 0.760. The molecule has 2 N–H and O–H groups in total. The van der Waals surface area contributed by atoms with Crippen LogP contribution in [0.4, 0.5) is 11.6 Å². The van der Waals surface area contributed by atoms with E-state index in [2.05, 4.69) is 36.5 Å². The average Bonchev–Trinajstić information content (AvgIpc) is 2.53. The first-order valence-electron chi connectivity index (χ1n) is 7.24. The standard InChI is InChI=1S/C16H19BrN4O2/c1-11-10-14(15(22)18-8-3-9-23-2)21-16(19-11)20-13-6-4-12(17)5-7-13/h4-7,10H,3,8-9H2,1-2H3,(H,18,22)(H,19,20,21). The van der Waals surface area contributed by atoms with Crippen molar-refractivity contribution in [3.63, 3.8) is 0 Å². The normalized spacial score (nSPS) is 10.4. The lowest BCUT2D eigenvalue weighted by Gasteiger charge is -2.09. The van der Waals surface area contributed by atoms with Crippen LogP contribution >= 0.6 is 15.9 Å². The van der Waals surface area contributed by atoms with Gasteiger partial charge >= 0.3 is 0 Å². The second-order valence-electron chi connectivity index (χ2n) is 4.95. The molecule has 6 nitrogen and oxygen atoms in total. The third-order valence-electron chi connectivity index (χ3n) is 3.00. The number of anilines is 2. The number of hydrogen-bond acceptors (Lipinski definition) is 5. The molecule has 0 spiro atoms. The molecular weight excluding hydrogens is 360 g/mol. The largest absolute Gasteiger partial charge is 0.385 e. The van der Waals surface area contributed by atoms with Crippen molar-refractivity contribution in [3.8, 4) is 0 Å². The first kappa shape index (κ1) is 17.4. The van der Waals surface area contributed by atoms with Gasteiger partial charge < -0.3 is 15.4 Å². The number of carbonyl (C=O) groups is 1. The number of halogens is 1. The van der Waals surface area contributed by atoms with E-state index in [1.807, 2.05) is 31.2 Å². The zero-order chi connectivity index (χ0) is 16.7. The Morgan fingerprint density at radius 2 is 2.00 bits per heavy atom. The van der Waals surface area contributed by atoms with E-state index in [-0.39, 0.29) is 5.91 Å². The van der Waals surface area contributed by atoms with Gasteiger partial charge in [0.1, 0.15) is 5.69 Å². The second kappa shape index (κ2) is 8.59. The molecule has 0 fully saturated rings. The molecular formula is C16H19BrN4O2. The number of carbonyl (C=O) groups excluding carboxylic acids is 1. The Hall–Kier alpha value is -1.99. The van der Waals surface area contributed by atoms with E-state index in [4.69, 9.17) is 4.74 Å². The number of aromatic nitrogens is 2. The maximum atomic E-state index is 12.1. The highest BCUT2D eigenvalue weighted by Crippen LogP contribution is 2.17. The molecule has 0 saturated carbocycles. The number of hydrogen-bond donors (Lipinski definition) is 2. The smallest absolute Gasteiger partial charge is 0.270 e. The number of methoxy groups -OCH3 is 1. The fourth-order valence-corrected chi connectivity index (χ4v) is 2.18. The van der Waals surface area contributed by atoms with Gasteiger partial charge in [-0.1, -0.05) is 15.9 Å². The summed E-state index contributed by atoms with van der Waals surface area (Å²) in [4.78, 5) is 20.7. The zero-order valence-corrected chi connectivity index (χ0v) is 14.7. The van der Waals surface area contributed by atoms with Crippen LogP contribution in [0.15, 0.2) is 34.8 Å². The molecule has 0 aliphatic carbocycles. The van der Waals surface area contributed by atoms with Gasteiger partial charge in [0.05, 0.1) is 0 Å². The molecule has 0 radical (unpaired) electrons. The van der Waals surface area contributed by atoms with Crippen LogP contribution in [-0.4, -0.2) is 36.1 Å². The van der Waals surface area contributed by atoms with Gasteiger partial charge in [0.15, 0.2) is 0 Å². The Kier molecular flexibility index (Phi) is 6.49. The minimum Gasteiger partial charge on any atom is -0.385 e. The Labute approximate surface area is 143 Å². The monoisotopic (exact) mass is 378 g/mol. The summed E-state index contributed by atoms with van der Waals surface area (Å²) < 4.78 is 5.94. The van der Waals surface area contributed by atoms with Crippen molar-refractivity contribution in [1.82, 2.24) is 15.3 Å². The average molecular weight is 379 g/mol. The minimum absolute atomic E-state index is 0.217. The minimum atomic E-state index is -0.217. The predicted molar refractivity (Wildman–Crippen MR) is 93.0 cm³/mol. The van der Waals surface area contributed by atoms with Gasteiger partial charge in [0.2, 0.25) is 5.95 Å². The highest BCUT2D eigenvalue weighted by molar-refractivity contribution is 9.10. The van der Waals surface area contributed by atoms with Crippen molar-refractivity contribution in [2.45, 2.75) is 13.3 Å². The molecule has 1 amide bonds. The lowest BCUT2D eigenvalue weighted by atomic mass is 10.3. The molecule has 2 rings (SSSR count). The fraction of sp³-hybridized carbons (Fsp3) is 0.312. The maximum Gasteiger partial charge on any atom is 0.270 e. The number of rotatable bonds is 7. The van der Waals surface area contributed by atoms with Gasteiger partial charge in [-0.2, -0.15) is 0 Å². The predicted octanol–water partition coefficient (Wildman–Crippen LogP) is 3.06. The molecule has 0 atom stereocenters. The Morgan fingerprint density at radius 3 is 2.70 bits per heavy atom. The highest BCUT2D eigenvalue weighted by Gasteiger charge is 2.10. The first-order chi connectivity index (χ1) is 11.1. The summed E-state index contributed by atoms with van der Waals surface area (Å²) in [6.45, 7) is 2.99. The maximum absolute atomic E-state index is 12.1. The van der Waals surface area contributed by atoms with E-state index >= 15 is 0 Å². The van der Waals surface area contributed by atoms with E-state index in [0.29, 0.717) is 24.8 Å². The molecule has 0 aliphatic heterocycles. The molecule has 0 aliphatic rings. The Morgan fingerprint density at radius 1 is 1.26 bits per heavy atom. The summed E-state index contributed by atoms with van der Waals surface area (Å²) in [5.74, 6) is 0.180. The van der Waals surface area contributed by atoms with Gasteiger partial charge in [-0.25, -0.2) is 9.97 Å².